The number of anilines is 2. The lowest BCUT2D eigenvalue weighted by Gasteiger charge is -2.25. The predicted molar refractivity (Wildman–Crippen MR) is 83.8 cm³/mol. The molecule has 3 N–H and O–H groups in total. The molecule has 5 nitrogen and oxygen atoms in total. The molecular weight excluding hydrogens is 288 g/mol. The summed E-state index contributed by atoms with van der Waals surface area (Å²) in [6.45, 7) is 3.07. The van der Waals surface area contributed by atoms with E-state index in [1.165, 1.54) is 6.07 Å². The minimum atomic E-state index is -4.33. The van der Waals surface area contributed by atoms with Gasteiger partial charge in [-0.1, -0.05) is 30.3 Å². The fourth-order valence-corrected chi connectivity index (χ4v) is 2.92. The van der Waals surface area contributed by atoms with Crippen LogP contribution in [0, 0.1) is 0 Å². The van der Waals surface area contributed by atoms with Crippen LogP contribution in [-0.2, 0) is 16.7 Å². The number of benzene rings is 2. The smallest absolute Gasteiger partial charge is 0.296 e. The van der Waals surface area contributed by atoms with Gasteiger partial charge in [0.25, 0.3) is 10.1 Å². The lowest BCUT2D eigenvalue weighted by molar-refractivity contribution is 0.483. The van der Waals surface area contributed by atoms with Crippen molar-refractivity contribution in [3.63, 3.8) is 0 Å². The van der Waals surface area contributed by atoms with Crippen LogP contribution >= 0.6 is 0 Å². The molecule has 21 heavy (non-hydrogen) atoms. The minimum Gasteiger partial charge on any atom is -0.399 e. The van der Waals surface area contributed by atoms with Gasteiger partial charge in [0.05, 0.1) is 5.69 Å². The van der Waals surface area contributed by atoms with Crippen LogP contribution in [-0.4, -0.2) is 19.5 Å². The highest BCUT2D eigenvalue weighted by atomic mass is 32.2. The first-order valence-electron chi connectivity index (χ1n) is 6.57. The summed E-state index contributed by atoms with van der Waals surface area (Å²) < 4.78 is 32.5. The summed E-state index contributed by atoms with van der Waals surface area (Å²) in [5.74, 6) is 0. The second kappa shape index (κ2) is 6.15. The van der Waals surface area contributed by atoms with E-state index in [1.54, 1.807) is 12.1 Å². The first kappa shape index (κ1) is 15.3. The maximum Gasteiger partial charge on any atom is 0.296 e. The highest BCUT2D eigenvalue weighted by Gasteiger charge is 2.19. The summed E-state index contributed by atoms with van der Waals surface area (Å²) in [6.07, 6.45) is 0. The molecular formula is C15H18N2O3S. The number of rotatable bonds is 5. The third-order valence-corrected chi connectivity index (χ3v) is 4.08. The Morgan fingerprint density at radius 2 is 1.81 bits per heavy atom. The lowest BCUT2D eigenvalue weighted by Crippen LogP contribution is -2.24. The van der Waals surface area contributed by atoms with Crippen LogP contribution in [0.5, 0.6) is 0 Å². The van der Waals surface area contributed by atoms with E-state index < -0.39 is 10.1 Å². The first-order valence-corrected chi connectivity index (χ1v) is 8.01. The molecule has 0 atom stereocenters. The molecule has 0 unspecified atom stereocenters. The average Bonchev–Trinajstić information content (AvgIpc) is 2.45. The zero-order valence-corrected chi connectivity index (χ0v) is 12.5. The van der Waals surface area contributed by atoms with Crippen LogP contribution in [0.3, 0.4) is 0 Å². The van der Waals surface area contributed by atoms with Crippen LogP contribution in [0.15, 0.2) is 53.4 Å². The fraction of sp³-hybridized carbons (Fsp3) is 0.200. The van der Waals surface area contributed by atoms with E-state index >= 15 is 0 Å². The van der Waals surface area contributed by atoms with E-state index in [2.05, 4.69) is 0 Å². The van der Waals surface area contributed by atoms with Gasteiger partial charge in [0.1, 0.15) is 4.90 Å². The van der Waals surface area contributed by atoms with Crippen LogP contribution < -0.4 is 10.6 Å². The maximum absolute atomic E-state index is 11.6. The van der Waals surface area contributed by atoms with E-state index in [9.17, 15) is 13.0 Å². The SMILES string of the molecule is CCN(Cc1ccccc1)c1ccc(N)cc1S(=O)(=O)O. The number of hydrogen-bond donors (Lipinski definition) is 2. The van der Waals surface area contributed by atoms with Crippen LogP contribution in [0.25, 0.3) is 0 Å². The van der Waals surface area contributed by atoms with Gasteiger partial charge in [0.2, 0.25) is 0 Å². The Morgan fingerprint density at radius 3 is 2.38 bits per heavy atom. The Hall–Kier alpha value is -2.05. The Bertz CT molecular complexity index is 715. The van der Waals surface area contributed by atoms with E-state index in [4.69, 9.17) is 5.73 Å². The van der Waals surface area contributed by atoms with Crippen molar-refractivity contribution in [3.8, 4) is 0 Å². The Balaban J connectivity index is 2.43. The molecule has 2 rings (SSSR count). The molecule has 6 heteroatoms. The van der Waals surface area contributed by atoms with Crippen molar-refractivity contribution in [2.24, 2.45) is 0 Å². The molecule has 0 saturated heterocycles. The van der Waals surface area contributed by atoms with Gasteiger partial charge < -0.3 is 10.6 Å². The van der Waals surface area contributed by atoms with Crippen LogP contribution in [0.4, 0.5) is 11.4 Å². The van der Waals surface area contributed by atoms with E-state index in [0.29, 0.717) is 24.5 Å². The molecule has 0 aliphatic heterocycles. The van der Waals surface area contributed by atoms with Crippen LogP contribution in [0.1, 0.15) is 12.5 Å². The summed E-state index contributed by atoms with van der Waals surface area (Å²) in [7, 11) is -4.33. The molecule has 0 bridgehead atoms. The molecule has 0 fully saturated rings. The fourth-order valence-electron chi connectivity index (χ4n) is 2.17. The topological polar surface area (TPSA) is 83.6 Å². The summed E-state index contributed by atoms with van der Waals surface area (Å²) in [6, 6.07) is 14.2. The van der Waals surface area contributed by atoms with Crippen molar-refractivity contribution >= 4 is 21.5 Å². The van der Waals surface area contributed by atoms with Gasteiger partial charge in [0.15, 0.2) is 0 Å². The van der Waals surface area contributed by atoms with Gasteiger partial charge in [0, 0.05) is 18.8 Å². The zero-order chi connectivity index (χ0) is 15.5. The van der Waals surface area contributed by atoms with Gasteiger partial charge in [-0.2, -0.15) is 8.42 Å². The molecule has 0 amide bonds. The summed E-state index contributed by atoms with van der Waals surface area (Å²) in [4.78, 5) is 1.71. The van der Waals surface area contributed by atoms with E-state index in [0.717, 1.165) is 5.56 Å². The Kier molecular flexibility index (Phi) is 4.50. The van der Waals surface area contributed by atoms with E-state index in [1.807, 2.05) is 42.2 Å². The largest absolute Gasteiger partial charge is 0.399 e. The first-order chi connectivity index (χ1) is 9.91. The maximum atomic E-state index is 11.6. The second-order valence-electron chi connectivity index (χ2n) is 4.70. The molecule has 0 saturated carbocycles. The minimum absolute atomic E-state index is 0.166. The van der Waals surface area contributed by atoms with Crippen molar-refractivity contribution in [1.29, 1.82) is 0 Å². The van der Waals surface area contributed by atoms with Gasteiger partial charge in [-0.3, -0.25) is 4.55 Å². The molecule has 112 valence electrons. The Labute approximate surface area is 124 Å². The predicted octanol–water partition coefficient (Wildman–Crippen LogP) is 2.54. The van der Waals surface area contributed by atoms with Crippen LogP contribution in [0.2, 0.25) is 0 Å². The van der Waals surface area contributed by atoms with Gasteiger partial charge in [-0.05, 0) is 30.7 Å². The van der Waals surface area contributed by atoms with Gasteiger partial charge in [-0.25, -0.2) is 0 Å². The molecule has 0 radical (unpaired) electrons. The highest BCUT2D eigenvalue weighted by Crippen LogP contribution is 2.28. The normalized spacial score (nSPS) is 11.3. The number of hydrogen-bond acceptors (Lipinski definition) is 4. The Morgan fingerprint density at radius 1 is 1.14 bits per heavy atom. The van der Waals surface area contributed by atoms with Gasteiger partial charge in [-0.15, -0.1) is 0 Å². The number of nitrogens with two attached hydrogens (primary N) is 1. The monoisotopic (exact) mass is 306 g/mol. The summed E-state index contributed by atoms with van der Waals surface area (Å²) in [5.41, 5.74) is 7.41. The number of nitrogen functional groups attached to an aromatic ring is 1. The molecule has 0 spiro atoms. The summed E-state index contributed by atoms with van der Waals surface area (Å²) >= 11 is 0. The summed E-state index contributed by atoms with van der Waals surface area (Å²) in [5, 5.41) is 0. The number of nitrogens with zero attached hydrogens (tertiary/aromatic N) is 1. The van der Waals surface area contributed by atoms with Crippen molar-refractivity contribution in [2.45, 2.75) is 18.4 Å². The van der Waals surface area contributed by atoms with Gasteiger partial charge >= 0.3 is 0 Å². The van der Waals surface area contributed by atoms with E-state index in [-0.39, 0.29) is 4.90 Å². The van der Waals surface area contributed by atoms with Crippen molar-refractivity contribution in [2.75, 3.05) is 17.2 Å². The third kappa shape index (κ3) is 3.74. The lowest BCUT2D eigenvalue weighted by atomic mass is 10.2. The standard InChI is InChI=1S/C15H18N2O3S/c1-2-17(11-12-6-4-3-5-7-12)14-9-8-13(16)10-15(14)21(18,19)20/h3-10H,2,11,16H2,1H3,(H,18,19,20). The third-order valence-electron chi connectivity index (χ3n) is 3.20. The molecule has 2 aromatic carbocycles. The highest BCUT2D eigenvalue weighted by molar-refractivity contribution is 7.86. The zero-order valence-electron chi connectivity index (χ0n) is 11.7. The second-order valence-corrected chi connectivity index (χ2v) is 6.09. The molecule has 0 aromatic heterocycles. The quantitative estimate of drug-likeness (QED) is 0.655. The molecule has 2 aromatic rings. The van der Waals surface area contributed by atoms with Crippen molar-refractivity contribution < 1.29 is 13.0 Å². The van der Waals surface area contributed by atoms with Crippen molar-refractivity contribution in [1.82, 2.24) is 0 Å². The molecule has 0 aliphatic carbocycles. The molecule has 0 heterocycles. The molecule has 0 aliphatic rings. The average molecular weight is 306 g/mol. The van der Waals surface area contributed by atoms with Crippen molar-refractivity contribution in [3.05, 3.63) is 54.1 Å².